The predicted molar refractivity (Wildman–Crippen MR) is 94.4 cm³/mol. The van der Waals surface area contributed by atoms with Crippen molar-refractivity contribution in [3.8, 4) is 0 Å². The second-order valence-corrected chi connectivity index (χ2v) is 8.27. The summed E-state index contributed by atoms with van der Waals surface area (Å²) >= 11 is 0. The average molecular weight is 328 g/mol. The highest BCUT2D eigenvalue weighted by Gasteiger charge is 2.62. The minimum Gasteiger partial charge on any atom is -0.515 e. The molecule has 3 aliphatic rings. The molecule has 130 valence electrons. The third-order valence-corrected chi connectivity index (χ3v) is 6.83. The monoisotopic (exact) mass is 328 g/mol. The van der Waals surface area contributed by atoms with E-state index >= 15 is 0 Å². The molecule has 0 aromatic heterocycles. The van der Waals surface area contributed by atoms with Crippen LogP contribution in [0.25, 0.3) is 0 Å². The minimum atomic E-state index is -0.645. The number of allylic oxidation sites excluding steroid dienone is 5. The molecule has 0 amide bonds. The Kier molecular flexibility index (Phi) is 4.09. The first-order valence-electron chi connectivity index (χ1n) is 9.01. The molecule has 1 N–H and O–H groups in total. The molecule has 3 nitrogen and oxygen atoms in total. The lowest BCUT2D eigenvalue weighted by atomic mass is 9.44. The van der Waals surface area contributed by atoms with Crippen molar-refractivity contribution in [3.63, 3.8) is 0 Å². The number of ketones is 2. The van der Waals surface area contributed by atoms with Gasteiger partial charge in [-0.1, -0.05) is 37.1 Å². The lowest BCUT2D eigenvalue weighted by molar-refractivity contribution is -0.148. The normalized spacial score (nSPS) is 44.4. The van der Waals surface area contributed by atoms with E-state index in [0.717, 1.165) is 19.1 Å². The van der Waals surface area contributed by atoms with E-state index in [1.54, 1.807) is 0 Å². The van der Waals surface area contributed by atoms with Crippen LogP contribution in [-0.2, 0) is 9.59 Å². The van der Waals surface area contributed by atoms with Gasteiger partial charge in [-0.2, -0.15) is 0 Å². The van der Waals surface area contributed by atoms with Crippen LogP contribution in [-0.4, -0.2) is 16.7 Å². The molecule has 2 fully saturated rings. The van der Waals surface area contributed by atoms with Gasteiger partial charge in [0, 0.05) is 17.3 Å². The number of carbonyl (C=O) groups is 2. The highest BCUT2D eigenvalue weighted by atomic mass is 16.2. The van der Waals surface area contributed by atoms with Gasteiger partial charge in [0.25, 0.3) is 0 Å². The van der Waals surface area contributed by atoms with Crippen LogP contribution in [0.5, 0.6) is 0 Å². The van der Waals surface area contributed by atoms with E-state index < -0.39 is 5.41 Å². The highest BCUT2D eigenvalue weighted by molar-refractivity contribution is 6.24. The lowest BCUT2D eigenvalue weighted by Gasteiger charge is -2.57. The quantitative estimate of drug-likeness (QED) is 0.336. The van der Waals surface area contributed by atoms with E-state index in [1.165, 1.54) is 11.1 Å². The summed E-state index contributed by atoms with van der Waals surface area (Å²) in [7, 11) is 0. The summed E-state index contributed by atoms with van der Waals surface area (Å²) in [4.78, 5) is 26.2. The van der Waals surface area contributed by atoms with Crippen molar-refractivity contribution in [3.05, 3.63) is 35.1 Å². The number of carbonyl (C=O) groups excluding carboxylic acids is 2. The molecular formula is C21H28O3. The molecule has 0 radical (unpaired) electrons. The molecule has 0 unspecified atom stereocenters. The zero-order valence-corrected chi connectivity index (χ0v) is 15.3. The Balaban J connectivity index is 2.26. The zero-order chi connectivity index (χ0) is 17.8. The van der Waals surface area contributed by atoms with E-state index in [-0.39, 0.29) is 40.8 Å². The van der Waals surface area contributed by atoms with Gasteiger partial charge in [-0.05, 0) is 51.4 Å². The molecule has 0 spiro atoms. The summed E-state index contributed by atoms with van der Waals surface area (Å²) in [6.45, 7) is 10.4. The molecule has 3 heteroatoms. The number of hydrogen-bond donors (Lipinski definition) is 1. The summed E-state index contributed by atoms with van der Waals surface area (Å²) < 4.78 is 0. The first-order valence-corrected chi connectivity index (χ1v) is 9.01. The van der Waals surface area contributed by atoms with Gasteiger partial charge >= 0.3 is 0 Å². The van der Waals surface area contributed by atoms with Crippen LogP contribution in [0.15, 0.2) is 35.1 Å². The second-order valence-electron chi connectivity index (χ2n) is 8.27. The van der Waals surface area contributed by atoms with Crippen molar-refractivity contribution in [2.24, 2.45) is 35.0 Å². The fourth-order valence-corrected chi connectivity index (χ4v) is 5.99. The molecule has 0 heterocycles. The van der Waals surface area contributed by atoms with Crippen LogP contribution in [0.2, 0.25) is 0 Å². The van der Waals surface area contributed by atoms with Crippen LogP contribution in [0.4, 0.5) is 0 Å². The number of Topliss-reactive ketones (excluding diaryl/α,β-unsaturated/α-hetero) is 2. The molecule has 0 bridgehead atoms. The maximum atomic E-state index is 13.3. The molecule has 3 aliphatic carbocycles. The third kappa shape index (κ3) is 2.09. The fourth-order valence-electron chi connectivity index (χ4n) is 5.99. The van der Waals surface area contributed by atoms with E-state index in [9.17, 15) is 14.7 Å². The van der Waals surface area contributed by atoms with Crippen LogP contribution >= 0.6 is 0 Å². The number of aliphatic hydroxyl groups excluding tert-OH is 1. The van der Waals surface area contributed by atoms with Crippen molar-refractivity contribution in [2.75, 3.05) is 0 Å². The second kappa shape index (κ2) is 5.72. The molecule has 0 saturated heterocycles. The van der Waals surface area contributed by atoms with Gasteiger partial charge in [-0.3, -0.25) is 9.59 Å². The Morgan fingerprint density at radius 2 is 2.00 bits per heavy atom. The summed E-state index contributed by atoms with van der Waals surface area (Å²) in [6, 6.07) is 0. The van der Waals surface area contributed by atoms with Crippen LogP contribution in [0, 0.1) is 35.0 Å². The van der Waals surface area contributed by atoms with Crippen LogP contribution in [0.3, 0.4) is 0 Å². The third-order valence-electron chi connectivity index (χ3n) is 6.83. The van der Waals surface area contributed by atoms with Gasteiger partial charge in [0.2, 0.25) is 0 Å². The van der Waals surface area contributed by atoms with Crippen LogP contribution < -0.4 is 0 Å². The molecular weight excluding hydrogens is 300 g/mol. The number of aliphatic hydroxyl groups is 1. The summed E-state index contributed by atoms with van der Waals surface area (Å²) in [5.74, 6) is 0.312. The highest BCUT2D eigenvalue weighted by Crippen LogP contribution is 2.61. The summed E-state index contributed by atoms with van der Waals surface area (Å²) in [5, 5.41) is 9.61. The fraction of sp³-hybridized carbons (Fsp3) is 0.619. The van der Waals surface area contributed by atoms with Crippen molar-refractivity contribution < 1.29 is 14.7 Å². The number of rotatable bonds is 1. The Morgan fingerprint density at radius 3 is 2.58 bits per heavy atom. The standard InChI is InChI=1S/C21H28O3/c1-6-12(3)17-13(4)9-14-7-11(2)8-15-18(14)21(17,5)20(24)16(10-22)19(15)23/h6,9-11,14-15,17-18,22H,7-8H2,1-5H3/b12-6+,16-10?/t11-,14-,15-,17+,18-,21+/m1/s1. The van der Waals surface area contributed by atoms with Crippen LogP contribution in [0.1, 0.15) is 47.5 Å². The van der Waals surface area contributed by atoms with Gasteiger partial charge < -0.3 is 5.11 Å². The molecule has 6 atom stereocenters. The van der Waals surface area contributed by atoms with Crippen molar-refractivity contribution in [1.29, 1.82) is 0 Å². The zero-order valence-electron chi connectivity index (χ0n) is 15.3. The van der Waals surface area contributed by atoms with E-state index in [1.807, 2.05) is 13.8 Å². The molecule has 3 rings (SSSR count). The van der Waals surface area contributed by atoms with Gasteiger partial charge in [0.05, 0.1) is 11.8 Å². The van der Waals surface area contributed by atoms with Crippen molar-refractivity contribution in [1.82, 2.24) is 0 Å². The lowest BCUT2D eigenvalue weighted by Crippen LogP contribution is -2.59. The van der Waals surface area contributed by atoms with Crippen molar-refractivity contribution >= 4 is 11.6 Å². The van der Waals surface area contributed by atoms with E-state index in [0.29, 0.717) is 5.92 Å². The summed E-state index contributed by atoms with van der Waals surface area (Å²) in [5.41, 5.74) is 1.76. The SMILES string of the molecule is C/C=C(\C)[C@H]1C(C)=C[C@H]2C[C@@H](C)C[C@H]3C(=O)C(=CO)C(=O)[C@]1(C)[C@H]23. The summed E-state index contributed by atoms with van der Waals surface area (Å²) in [6.07, 6.45) is 7.00. The van der Waals surface area contributed by atoms with Gasteiger partial charge in [0.15, 0.2) is 11.6 Å². The first kappa shape index (κ1) is 17.2. The van der Waals surface area contributed by atoms with E-state index in [4.69, 9.17) is 0 Å². The smallest absolute Gasteiger partial charge is 0.176 e. The van der Waals surface area contributed by atoms with Crippen molar-refractivity contribution in [2.45, 2.75) is 47.5 Å². The minimum absolute atomic E-state index is 0.00945. The predicted octanol–water partition coefficient (Wildman–Crippen LogP) is 4.41. The maximum absolute atomic E-state index is 13.3. The Bertz CT molecular complexity index is 681. The molecule has 2 saturated carbocycles. The average Bonchev–Trinajstić information content (AvgIpc) is 2.52. The molecule has 24 heavy (non-hydrogen) atoms. The molecule has 0 aromatic carbocycles. The topological polar surface area (TPSA) is 54.4 Å². The Morgan fingerprint density at radius 1 is 1.33 bits per heavy atom. The maximum Gasteiger partial charge on any atom is 0.176 e. The molecule has 0 aliphatic heterocycles. The van der Waals surface area contributed by atoms with E-state index in [2.05, 4.69) is 32.9 Å². The largest absolute Gasteiger partial charge is 0.515 e. The van der Waals surface area contributed by atoms with Gasteiger partial charge in [-0.15, -0.1) is 0 Å². The number of hydrogen-bond acceptors (Lipinski definition) is 3. The van der Waals surface area contributed by atoms with Gasteiger partial charge in [-0.25, -0.2) is 0 Å². The molecule has 0 aromatic rings. The van der Waals surface area contributed by atoms with Gasteiger partial charge in [0.1, 0.15) is 0 Å². The first-order chi connectivity index (χ1) is 11.3. The Labute approximate surface area is 144 Å². The Hall–Kier alpha value is -1.64.